The number of carbonyl (C=O) groups excluding carboxylic acids is 1. The molecule has 0 spiro atoms. The Balaban J connectivity index is 3.19. The van der Waals surface area contributed by atoms with Crippen molar-refractivity contribution < 1.29 is 19.2 Å². The van der Waals surface area contributed by atoms with Crippen molar-refractivity contribution in [3.63, 3.8) is 0 Å². The summed E-state index contributed by atoms with van der Waals surface area (Å²) in [6, 6.07) is 2.97. The summed E-state index contributed by atoms with van der Waals surface area (Å²) in [5.41, 5.74) is 0.368. The molecule has 0 aliphatic heterocycles. The van der Waals surface area contributed by atoms with Crippen LogP contribution in [0, 0.1) is 13.7 Å². The fraction of sp³-hybridized carbons (Fsp3) is 0.300. The zero-order chi connectivity index (χ0) is 13.0. The maximum absolute atomic E-state index is 11.1. The number of rotatable bonds is 4. The van der Waals surface area contributed by atoms with Gasteiger partial charge in [-0.2, -0.15) is 0 Å². The average molecular weight is 351 g/mol. The number of ether oxygens (including phenoxy) is 2. The van der Waals surface area contributed by atoms with Crippen LogP contribution < -0.4 is 4.74 Å². The minimum Gasteiger partial charge on any atom is -0.489 e. The Morgan fingerprint density at radius 3 is 2.59 bits per heavy atom. The molecule has 0 atom stereocenters. The monoisotopic (exact) mass is 351 g/mol. The molecule has 0 saturated carbocycles. The number of esters is 1. The zero-order valence-corrected chi connectivity index (χ0v) is 11.4. The molecule has 0 saturated heterocycles. The van der Waals surface area contributed by atoms with E-state index in [0.717, 1.165) is 0 Å². The minimum atomic E-state index is -0.540. The van der Waals surface area contributed by atoms with Crippen molar-refractivity contribution in [2.75, 3.05) is 14.2 Å². The summed E-state index contributed by atoms with van der Waals surface area (Å²) in [5.74, 6) is -0.246. The van der Waals surface area contributed by atoms with Crippen molar-refractivity contribution in [1.82, 2.24) is 0 Å². The number of halogens is 1. The van der Waals surface area contributed by atoms with Crippen molar-refractivity contribution >= 4 is 34.2 Å². The lowest BCUT2D eigenvalue weighted by atomic mass is 10.1. The van der Waals surface area contributed by atoms with E-state index in [1.807, 2.05) is 22.6 Å². The molecule has 0 aliphatic rings. The molecule has 0 N–H and O–H groups in total. The van der Waals surface area contributed by atoms with Gasteiger partial charge in [0.15, 0.2) is 0 Å². The number of nitro groups is 1. The van der Waals surface area contributed by atoms with E-state index in [4.69, 9.17) is 4.74 Å². The van der Waals surface area contributed by atoms with Gasteiger partial charge in [-0.15, -0.1) is 0 Å². The molecule has 0 aromatic heterocycles. The largest absolute Gasteiger partial charge is 0.489 e. The molecule has 0 unspecified atom stereocenters. The van der Waals surface area contributed by atoms with Crippen LogP contribution in [0.25, 0.3) is 0 Å². The Morgan fingerprint density at radius 1 is 1.47 bits per heavy atom. The molecule has 0 radical (unpaired) electrons. The SMILES string of the molecule is COC(=O)Cc1cc(I)c(OC)c([N+](=O)[O-])c1. The van der Waals surface area contributed by atoms with E-state index in [9.17, 15) is 14.9 Å². The first-order valence-electron chi connectivity index (χ1n) is 4.57. The molecule has 17 heavy (non-hydrogen) atoms. The molecule has 0 aliphatic carbocycles. The normalized spacial score (nSPS) is 9.82. The Hall–Kier alpha value is -1.38. The lowest BCUT2D eigenvalue weighted by molar-refractivity contribution is -0.385. The van der Waals surface area contributed by atoms with Gasteiger partial charge in [-0.3, -0.25) is 14.9 Å². The van der Waals surface area contributed by atoms with Crippen molar-refractivity contribution in [1.29, 1.82) is 0 Å². The molecule has 1 aromatic rings. The first-order valence-corrected chi connectivity index (χ1v) is 5.65. The molecule has 0 fully saturated rings. The smallest absolute Gasteiger partial charge is 0.312 e. The van der Waals surface area contributed by atoms with Gasteiger partial charge in [0.1, 0.15) is 0 Å². The van der Waals surface area contributed by atoms with Crippen molar-refractivity contribution in [3.05, 3.63) is 31.4 Å². The zero-order valence-electron chi connectivity index (χ0n) is 9.23. The van der Waals surface area contributed by atoms with E-state index in [0.29, 0.717) is 9.13 Å². The van der Waals surface area contributed by atoms with Crippen LogP contribution in [-0.2, 0) is 16.0 Å². The molecule has 7 heteroatoms. The van der Waals surface area contributed by atoms with Gasteiger partial charge in [-0.05, 0) is 34.2 Å². The Kier molecular flexibility index (Phi) is 4.67. The lowest BCUT2D eigenvalue weighted by Crippen LogP contribution is -2.06. The van der Waals surface area contributed by atoms with Crippen molar-refractivity contribution in [2.45, 2.75) is 6.42 Å². The fourth-order valence-electron chi connectivity index (χ4n) is 1.31. The van der Waals surface area contributed by atoms with E-state index in [-0.39, 0.29) is 17.9 Å². The van der Waals surface area contributed by atoms with Gasteiger partial charge in [0.25, 0.3) is 0 Å². The van der Waals surface area contributed by atoms with Crippen molar-refractivity contribution in [3.8, 4) is 5.75 Å². The number of carbonyl (C=O) groups is 1. The minimum absolute atomic E-state index is 0.00264. The van der Waals surface area contributed by atoms with Crippen molar-refractivity contribution in [2.24, 2.45) is 0 Å². The summed E-state index contributed by atoms with van der Waals surface area (Å²) in [7, 11) is 2.63. The van der Waals surface area contributed by atoms with Gasteiger partial charge in [0.05, 0.1) is 29.1 Å². The number of nitro benzene ring substituents is 1. The van der Waals surface area contributed by atoms with Crippen LogP contribution in [0.1, 0.15) is 5.56 Å². The van der Waals surface area contributed by atoms with Gasteiger partial charge in [0, 0.05) is 6.07 Å². The molecular weight excluding hydrogens is 341 g/mol. The second-order valence-corrected chi connectivity index (χ2v) is 4.30. The second kappa shape index (κ2) is 5.80. The third-order valence-electron chi connectivity index (χ3n) is 2.06. The van der Waals surface area contributed by atoms with Crippen LogP contribution in [-0.4, -0.2) is 25.1 Å². The van der Waals surface area contributed by atoms with Gasteiger partial charge in [-0.1, -0.05) is 0 Å². The van der Waals surface area contributed by atoms with Crippen LogP contribution >= 0.6 is 22.6 Å². The molecule has 0 heterocycles. The van der Waals surface area contributed by atoms with Gasteiger partial charge in [0.2, 0.25) is 5.75 Å². The average Bonchev–Trinajstić information content (AvgIpc) is 2.28. The van der Waals surface area contributed by atoms with Crippen LogP contribution in [0.15, 0.2) is 12.1 Å². The predicted molar refractivity (Wildman–Crippen MR) is 68.1 cm³/mol. The van der Waals surface area contributed by atoms with Crippen LogP contribution in [0.2, 0.25) is 0 Å². The molecule has 1 rings (SSSR count). The van der Waals surface area contributed by atoms with Crippen LogP contribution in [0.5, 0.6) is 5.75 Å². The van der Waals surface area contributed by atoms with Gasteiger partial charge < -0.3 is 9.47 Å². The predicted octanol–water partition coefficient (Wildman–Crippen LogP) is 1.92. The Morgan fingerprint density at radius 2 is 2.12 bits per heavy atom. The van der Waals surface area contributed by atoms with Crippen LogP contribution in [0.3, 0.4) is 0 Å². The maximum atomic E-state index is 11.1. The molecule has 0 amide bonds. The first kappa shape index (κ1) is 13.7. The highest BCUT2D eigenvalue weighted by atomic mass is 127. The molecule has 1 aromatic carbocycles. The maximum Gasteiger partial charge on any atom is 0.312 e. The number of hydrogen-bond acceptors (Lipinski definition) is 5. The quantitative estimate of drug-likeness (QED) is 0.358. The van der Waals surface area contributed by atoms with Gasteiger partial charge >= 0.3 is 11.7 Å². The standard InChI is InChI=1S/C10H10INO5/c1-16-9(13)5-6-3-7(11)10(17-2)8(4-6)12(14)15/h3-4H,5H2,1-2H3. The molecule has 92 valence electrons. The third kappa shape index (κ3) is 3.29. The van der Waals surface area contributed by atoms with E-state index in [2.05, 4.69) is 4.74 Å². The first-order chi connectivity index (χ1) is 7.99. The lowest BCUT2D eigenvalue weighted by Gasteiger charge is -2.07. The summed E-state index contributed by atoms with van der Waals surface area (Å²) in [6.45, 7) is 0. The highest BCUT2D eigenvalue weighted by Crippen LogP contribution is 2.33. The number of methoxy groups -OCH3 is 2. The number of hydrogen-bond donors (Lipinski definition) is 0. The molecule has 6 nitrogen and oxygen atoms in total. The molecular formula is C10H10INO5. The highest BCUT2D eigenvalue weighted by Gasteiger charge is 2.20. The molecule has 0 bridgehead atoms. The van der Waals surface area contributed by atoms with E-state index in [1.54, 1.807) is 6.07 Å². The van der Waals surface area contributed by atoms with E-state index in [1.165, 1.54) is 20.3 Å². The van der Waals surface area contributed by atoms with E-state index < -0.39 is 10.9 Å². The summed E-state index contributed by atoms with van der Waals surface area (Å²) in [6.07, 6.45) is -0.00264. The summed E-state index contributed by atoms with van der Waals surface area (Å²) in [4.78, 5) is 21.4. The third-order valence-corrected chi connectivity index (χ3v) is 2.86. The van der Waals surface area contributed by atoms with Crippen LogP contribution in [0.4, 0.5) is 5.69 Å². The summed E-state index contributed by atoms with van der Waals surface area (Å²) in [5, 5.41) is 10.8. The Bertz CT molecular complexity index is 460. The Labute approximate surface area is 111 Å². The topological polar surface area (TPSA) is 78.7 Å². The summed E-state index contributed by atoms with van der Waals surface area (Å²) >= 11 is 1.92. The van der Waals surface area contributed by atoms with Gasteiger partial charge in [-0.25, -0.2) is 0 Å². The summed E-state index contributed by atoms with van der Waals surface area (Å²) < 4.78 is 10.0. The fourth-order valence-corrected chi connectivity index (χ4v) is 2.21. The number of benzene rings is 1. The number of nitrogens with zero attached hydrogens (tertiary/aromatic N) is 1. The van der Waals surface area contributed by atoms with E-state index >= 15 is 0 Å². The highest BCUT2D eigenvalue weighted by molar-refractivity contribution is 14.1. The second-order valence-electron chi connectivity index (χ2n) is 3.14.